The Labute approximate surface area is 175 Å². The highest BCUT2D eigenvalue weighted by molar-refractivity contribution is 8.00. The van der Waals surface area contributed by atoms with Crippen molar-refractivity contribution in [2.24, 2.45) is 0 Å². The van der Waals surface area contributed by atoms with E-state index in [2.05, 4.69) is 5.32 Å². The number of amides is 2. The van der Waals surface area contributed by atoms with Crippen molar-refractivity contribution >= 4 is 35.2 Å². The van der Waals surface area contributed by atoms with Gasteiger partial charge in [0.15, 0.2) is 6.61 Å². The zero-order valence-corrected chi connectivity index (χ0v) is 18.0. The van der Waals surface area contributed by atoms with Gasteiger partial charge in [0.2, 0.25) is 5.91 Å². The van der Waals surface area contributed by atoms with Crippen molar-refractivity contribution in [1.82, 2.24) is 4.90 Å². The Morgan fingerprint density at radius 3 is 2.31 bits per heavy atom. The number of aryl methyl sites for hydroxylation is 3. The first-order valence-electron chi connectivity index (χ1n) is 9.21. The molecule has 0 radical (unpaired) electrons. The van der Waals surface area contributed by atoms with Crippen molar-refractivity contribution in [3.63, 3.8) is 0 Å². The summed E-state index contributed by atoms with van der Waals surface area (Å²) in [4.78, 5) is 38.3. The summed E-state index contributed by atoms with van der Waals surface area (Å²) in [6.45, 7) is 5.45. The summed E-state index contributed by atoms with van der Waals surface area (Å²) in [5.41, 5.74) is 4.01. The standard InChI is InChI=1S/C22H26N2O4S/c1-15-5-8-18(9-6-15)23-20(25)12-24(4)21(26)13-28-22(27)14-29-19-10-7-16(2)11-17(19)3/h5-11H,12-14H2,1-4H3,(H,23,25). The Morgan fingerprint density at radius 1 is 1.00 bits per heavy atom. The van der Waals surface area contributed by atoms with Gasteiger partial charge in [-0.05, 0) is 44.5 Å². The molecule has 154 valence electrons. The Hall–Kier alpha value is -2.80. The van der Waals surface area contributed by atoms with Gasteiger partial charge in [-0.25, -0.2) is 0 Å². The zero-order chi connectivity index (χ0) is 21.4. The number of nitrogens with one attached hydrogen (secondary N) is 1. The Morgan fingerprint density at radius 2 is 1.66 bits per heavy atom. The molecule has 0 aliphatic rings. The quantitative estimate of drug-likeness (QED) is 0.530. The van der Waals surface area contributed by atoms with Gasteiger partial charge in [0.1, 0.15) is 0 Å². The molecule has 0 bridgehead atoms. The number of ether oxygens (including phenoxy) is 1. The van der Waals surface area contributed by atoms with Gasteiger partial charge in [-0.15, -0.1) is 11.8 Å². The van der Waals surface area contributed by atoms with Crippen LogP contribution in [0.3, 0.4) is 0 Å². The van der Waals surface area contributed by atoms with Crippen LogP contribution in [0.1, 0.15) is 16.7 Å². The summed E-state index contributed by atoms with van der Waals surface area (Å²) in [5, 5.41) is 2.72. The lowest BCUT2D eigenvalue weighted by atomic mass is 10.2. The van der Waals surface area contributed by atoms with Crippen LogP contribution in [0, 0.1) is 20.8 Å². The number of esters is 1. The number of rotatable bonds is 8. The van der Waals surface area contributed by atoms with Gasteiger partial charge in [0.25, 0.3) is 5.91 Å². The van der Waals surface area contributed by atoms with Crippen molar-refractivity contribution in [3.8, 4) is 0 Å². The minimum absolute atomic E-state index is 0.120. The van der Waals surface area contributed by atoms with Crippen LogP contribution in [0.2, 0.25) is 0 Å². The second kappa shape index (κ2) is 10.7. The first-order chi connectivity index (χ1) is 13.7. The van der Waals surface area contributed by atoms with Crippen molar-refractivity contribution < 1.29 is 19.1 Å². The summed E-state index contributed by atoms with van der Waals surface area (Å²) in [6, 6.07) is 13.4. The van der Waals surface area contributed by atoms with E-state index in [-0.39, 0.29) is 24.8 Å². The van der Waals surface area contributed by atoms with Crippen molar-refractivity contribution in [2.45, 2.75) is 25.7 Å². The summed E-state index contributed by atoms with van der Waals surface area (Å²) in [5.74, 6) is -1.11. The highest BCUT2D eigenvalue weighted by atomic mass is 32.2. The maximum atomic E-state index is 12.1. The third-order valence-corrected chi connectivity index (χ3v) is 5.32. The van der Waals surface area contributed by atoms with E-state index >= 15 is 0 Å². The smallest absolute Gasteiger partial charge is 0.316 e. The van der Waals surface area contributed by atoms with Crippen LogP contribution >= 0.6 is 11.8 Å². The summed E-state index contributed by atoms with van der Waals surface area (Å²) >= 11 is 1.37. The molecule has 1 N–H and O–H groups in total. The number of benzene rings is 2. The highest BCUT2D eigenvalue weighted by Crippen LogP contribution is 2.23. The third kappa shape index (κ3) is 7.62. The van der Waals surface area contributed by atoms with Gasteiger partial charge in [0.05, 0.1) is 12.3 Å². The van der Waals surface area contributed by atoms with Crippen LogP contribution in [-0.2, 0) is 19.1 Å². The molecule has 7 heteroatoms. The second-order valence-electron chi connectivity index (χ2n) is 6.88. The first-order valence-corrected chi connectivity index (χ1v) is 10.2. The number of anilines is 1. The maximum absolute atomic E-state index is 12.1. The molecule has 0 saturated carbocycles. The molecule has 0 aliphatic carbocycles. The van der Waals surface area contributed by atoms with E-state index in [9.17, 15) is 14.4 Å². The molecule has 0 spiro atoms. The van der Waals surface area contributed by atoms with Gasteiger partial charge >= 0.3 is 5.97 Å². The molecule has 2 aromatic carbocycles. The van der Waals surface area contributed by atoms with E-state index in [0.29, 0.717) is 5.69 Å². The molecule has 0 aliphatic heterocycles. The molecule has 0 atom stereocenters. The second-order valence-corrected chi connectivity index (χ2v) is 7.90. The number of likely N-dealkylation sites (N-methyl/N-ethyl adjacent to an activating group) is 1. The van der Waals surface area contributed by atoms with Gasteiger partial charge in [0, 0.05) is 17.6 Å². The number of hydrogen-bond donors (Lipinski definition) is 1. The van der Waals surface area contributed by atoms with Gasteiger partial charge in [-0.2, -0.15) is 0 Å². The molecule has 0 saturated heterocycles. The number of thioether (sulfide) groups is 1. The Balaban J connectivity index is 1.72. The van der Waals surface area contributed by atoms with E-state index in [1.807, 2.05) is 51.1 Å². The maximum Gasteiger partial charge on any atom is 0.316 e. The van der Waals surface area contributed by atoms with Crippen LogP contribution in [-0.4, -0.2) is 48.6 Å². The van der Waals surface area contributed by atoms with E-state index < -0.39 is 11.9 Å². The Kier molecular flexibility index (Phi) is 8.27. The van der Waals surface area contributed by atoms with Crippen LogP contribution in [0.25, 0.3) is 0 Å². The van der Waals surface area contributed by atoms with Gasteiger partial charge in [-0.1, -0.05) is 35.4 Å². The number of carbonyl (C=O) groups excluding carboxylic acids is 3. The molecule has 0 fully saturated rings. The van der Waals surface area contributed by atoms with E-state index in [1.54, 1.807) is 12.1 Å². The van der Waals surface area contributed by atoms with Gasteiger partial charge in [-0.3, -0.25) is 14.4 Å². The summed E-state index contributed by atoms with van der Waals surface area (Å²) in [7, 11) is 1.50. The monoisotopic (exact) mass is 414 g/mol. The molecule has 2 amide bonds. The third-order valence-electron chi connectivity index (χ3n) is 4.17. The molecule has 0 heterocycles. The fraction of sp³-hybridized carbons (Fsp3) is 0.318. The molecule has 6 nitrogen and oxygen atoms in total. The molecule has 0 aromatic heterocycles. The van der Waals surface area contributed by atoms with Crippen molar-refractivity contribution in [2.75, 3.05) is 31.3 Å². The van der Waals surface area contributed by atoms with Crippen LogP contribution in [0.4, 0.5) is 5.69 Å². The average Bonchev–Trinajstić information content (AvgIpc) is 2.67. The van der Waals surface area contributed by atoms with Crippen molar-refractivity contribution in [3.05, 3.63) is 59.2 Å². The molecular weight excluding hydrogens is 388 g/mol. The fourth-order valence-electron chi connectivity index (χ4n) is 2.53. The first kappa shape index (κ1) is 22.5. The predicted molar refractivity (Wildman–Crippen MR) is 115 cm³/mol. The lowest BCUT2D eigenvalue weighted by Gasteiger charge is -2.17. The van der Waals surface area contributed by atoms with Gasteiger partial charge < -0.3 is 15.0 Å². The van der Waals surface area contributed by atoms with E-state index in [4.69, 9.17) is 4.74 Å². The molecule has 0 unspecified atom stereocenters. The topological polar surface area (TPSA) is 75.7 Å². The van der Waals surface area contributed by atoms with E-state index in [1.165, 1.54) is 23.7 Å². The van der Waals surface area contributed by atoms with Crippen LogP contribution in [0.5, 0.6) is 0 Å². The number of hydrogen-bond acceptors (Lipinski definition) is 5. The molecule has 29 heavy (non-hydrogen) atoms. The lowest BCUT2D eigenvalue weighted by Crippen LogP contribution is -2.37. The lowest BCUT2D eigenvalue weighted by molar-refractivity contribution is -0.149. The van der Waals surface area contributed by atoms with Crippen LogP contribution < -0.4 is 5.32 Å². The molecule has 2 rings (SSSR count). The minimum atomic E-state index is -0.471. The SMILES string of the molecule is Cc1ccc(NC(=O)CN(C)C(=O)COC(=O)CSc2ccc(C)cc2C)cc1. The normalized spacial score (nSPS) is 10.3. The predicted octanol–water partition coefficient (Wildman–Crippen LogP) is 3.34. The number of nitrogens with zero attached hydrogens (tertiary/aromatic N) is 1. The Bertz CT molecular complexity index is 881. The van der Waals surface area contributed by atoms with E-state index in [0.717, 1.165) is 21.6 Å². The zero-order valence-electron chi connectivity index (χ0n) is 17.2. The summed E-state index contributed by atoms with van der Waals surface area (Å²) < 4.78 is 5.04. The number of carbonyl (C=O) groups is 3. The molecule has 2 aromatic rings. The minimum Gasteiger partial charge on any atom is -0.455 e. The molecular formula is C22H26N2O4S. The fourth-order valence-corrected chi connectivity index (χ4v) is 3.34. The largest absolute Gasteiger partial charge is 0.455 e. The van der Waals surface area contributed by atoms with Crippen molar-refractivity contribution in [1.29, 1.82) is 0 Å². The summed E-state index contributed by atoms with van der Waals surface area (Å²) in [6.07, 6.45) is 0. The highest BCUT2D eigenvalue weighted by Gasteiger charge is 2.15. The average molecular weight is 415 g/mol. The van der Waals surface area contributed by atoms with Crippen LogP contribution in [0.15, 0.2) is 47.4 Å².